The lowest BCUT2D eigenvalue weighted by Gasteiger charge is -2.25. The van der Waals surface area contributed by atoms with Gasteiger partial charge in [-0.15, -0.1) is 0 Å². The highest BCUT2D eigenvalue weighted by Crippen LogP contribution is 2.19. The van der Waals surface area contributed by atoms with Crippen molar-refractivity contribution in [2.45, 2.75) is 57.6 Å². The first kappa shape index (κ1) is 13.1. The van der Waals surface area contributed by atoms with E-state index < -0.39 is 0 Å². The molecule has 2 aliphatic rings. The first-order valence-corrected chi connectivity index (χ1v) is 7.32. The van der Waals surface area contributed by atoms with Crippen molar-refractivity contribution in [3.05, 3.63) is 0 Å². The zero-order valence-electron chi connectivity index (χ0n) is 10.7. The highest BCUT2D eigenvalue weighted by atomic mass is 32.1. The van der Waals surface area contributed by atoms with Crippen LogP contribution in [0, 0.1) is 5.92 Å². The van der Waals surface area contributed by atoms with Crippen LogP contribution in [-0.4, -0.2) is 30.4 Å². The van der Waals surface area contributed by atoms with Crippen LogP contribution >= 0.6 is 12.2 Å². The molecular formula is C13H24N2OS. The summed E-state index contributed by atoms with van der Waals surface area (Å²) >= 11 is 5.35. The zero-order chi connectivity index (χ0) is 12.1. The van der Waals surface area contributed by atoms with Gasteiger partial charge in [0.05, 0.1) is 6.10 Å². The van der Waals surface area contributed by atoms with Crippen LogP contribution in [0.15, 0.2) is 0 Å². The third-order valence-corrected chi connectivity index (χ3v) is 4.26. The molecule has 2 N–H and O–H groups in total. The van der Waals surface area contributed by atoms with Crippen LogP contribution in [-0.2, 0) is 4.74 Å². The van der Waals surface area contributed by atoms with Crippen molar-refractivity contribution < 1.29 is 4.74 Å². The van der Waals surface area contributed by atoms with Crippen molar-refractivity contribution in [3.63, 3.8) is 0 Å². The van der Waals surface area contributed by atoms with Crippen LogP contribution in [0.25, 0.3) is 0 Å². The number of rotatable bonds is 3. The van der Waals surface area contributed by atoms with E-state index in [9.17, 15) is 0 Å². The zero-order valence-corrected chi connectivity index (χ0v) is 11.5. The summed E-state index contributed by atoms with van der Waals surface area (Å²) < 4.78 is 5.54. The summed E-state index contributed by atoms with van der Waals surface area (Å²) in [5.41, 5.74) is 0. The van der Waals surface area contributed by atoms with Crippen molar-refractivity contribution in [2.24, 2.45) is 5.92 Å². The normalized spacial score (nSPS) is 30.2. The fourth-order valence-corrected chi connectivity index (χ4v) is 3.00. The fourth-order valence-electron chi connectivity index (χ4n) is 2.75. The van der Waals surface area contributed by atoms with E-state index in [4.69, 9.17) is 17.0 Å². The van der Waals surface area contributed by atoms with E-state index in [0.29, 0.717) is 18.1 Å². The lowest BCUT2D eigenvalue weighted by atomic mass is 9.96. The van der Waals surface area contributed by atoms with E-state index in [1.165, 1.54) is 32.1 Å². The van der Waals surface area contributed by atoms with E-state index in [1.807, 2.05) is 0 Å². The molecule has 1 heterocycles. The van der Waals surface area contributed by atoms with E-state index in [-0.39, 0.29) is 0 Å². The molecule has 2 fully saturated rings. The molecule has 98 valence electrons. The summed E-state index contributed by atoms with van der Waals surface area (Å²) in [6, 6.07) is 0.598. The Bertz CT molecular complexity index is 254. The third-order valence-electron chi connectivity index (χ3n) is 4.00. The summed E-state index contributed by atoms with van der Waals surface area (Å²) in [5, 5.41) is 7.61. The van der Waals surface area contributed by atoms with Gasteiger partial charge in [0.1, 0.15) is 0 Å². The molecule has 4 heteroatoms. The Kier molecular flexibility index (Phi) is 5.04. The topological polar surface area (TPSA) is 33.3 Å². The summed E-state index contributed by atoms with van der Waals surface area (Å²) in [6.45, 7) is 3.99. The quantitative estimate of drug-likeness (QED) is 0.759. The molecule has 0 aromatic carbocycles. The van der Waals surface area contributed by atoms with Crippen molar-refractivity contribution >= 4 is 17.3 Å². The Morgan fingerprint density at radius 1 is 1.24 bits per heavy atom. The van der Waals surface area contributed by atoms with Gasteiger partial charge in [0.25, 0.3) is 0 Å². The van der Waals surface area contributed by atoms with E-state index >= 15 is 0 Å². The minimum Gasteiger partial charge on any atom is -0.378 e. The SMILES string of the molecule is CC1OCCC1CNC(=S)NC1CCCCC1. The second kappa shape index (κ2) is 6.55. The van der Waals surface area contributed by atoms with E-state index in [2.05, 4.69) is 17.6 Å². The summed E-state index contributed by atoms with van der Waals surface area (Å²) in [6.07, 6.45) is 8.13. The van der Waals surface area contributed by atoms with Crippen LogP contribution in [0.4, 0.5) is 0 Å². The molecular weight excluding hydrogens is 232 g/mol. The molecule has 3 nitrogen and oxygen atoms in total. The van der Waals surface area contributed by atoms with Gasteiger partial charge in [0, 0.05) is 25.1 Å². The van der Waals surface area contributed by atoms with Crippen LogP contribution in [0.3, 0.4) is 0 Å². The van der Waals surface area contributed by atoms with Crippen molar-refractivity contribution in [3.8, 4) is 0 Å². The Hall–Kier alpha value is -0.350. The maximum Gasteiger partial charge on any atom is 0.166 e. The number of hydrogen-bond donors (Lipinski definition) is 2. The summed E-state index contributed by atoms with van der Waals surface area (Å²) in [4.78, 5) is 0. The first-order chi connectivity index (χ1) is 8.25. The molecule has 17 heavy (non-hydrogen) atoms. The average molecular weight is 256 g/mol. The molecule has 1 saturated carbocycles. The molecule has 2 rings (SSSR count). The predicted molar refractivity (Wildman–Crippen MR) is 74.1 cm³/mol. The van der Waals surface area contributed by atoms with Gasteiger partial charge < -0.3 is 15.4 Å². The predicted octanol–water partition coefficient (Wildman–Crippen LogP) is 2.21. The van der Waals surface area contributed by atoms with Crippen LogP contribution in [0.5, 0.6) is 0 Å². The van der Waals surface area contributed by atoms with E-state index in [0.717, 1.165) is 24.7 Å². The van der Waals surface area contributed by atoms with Gasteiger partial charge in [-0.2, -0.15) is 0 Å². The molecule has 2 atom stereocenters. The maximum atomic E-state index is 5.54. The molecule has 2 unspecified atom stereocenters. The Labute approximate surface area is 110 Å². The highest BCUT2D eigenvalue weighted by Gasteiger charge is 2.24. The maximum absolute atomic E-state index is 5.54. The molecule has 0 bridgehead atoms. The minimum absolute atomic E-state index is 0.375. The second-order valence-corrected chi connectivity index (χ2v) is 5.72. The largest absolute Gasteiger partial charge is 0.378 e. The molecule has 0 amide bonds. The van der Waals surface area contributed by atoms with Crippen LogP contribution < -0.4 is 10.6 Å². The molecule has 0 radical (unpaired) electrons. The molecule has 0 aromatic heterocycles. The second-order valence-electron chi connectivity index (χ2n) is 5.31. The average Bonchev–Trinajstić information content (AvgIpc) is 2.74. The first-order valence-electron chi connectivity index (χ1n) is 6.91. The Morgan fingerprint density at radius 2 is 2.00 bits per heavy atom. The third kappa shape index (κ3) is 4.11. The standard InChI is InChI=1S/C13H24N2OS/c1-10-11(7-8-16-10)9-14-13(17)15-12-5-3-2-4-6-12/h10-12H,2-9H2,1H3,(H2,14,15,17). The van der Waals surface area contributed by atoms with Gasteiger partial charge >= 0.3 is 0 Å². The monoisotopic (exact) mass is 256 g/mol. The Balaban J connectivity index is 1.63. The highest BCUT2D eigenvalue weighted by molar-refractivity contribution is 7.80. The van der Waals surface area contributed by atoms with Gasteiger partial charge in [-0.25, -0.2) is 0 Å². The van der Waals surface area contributed by atoms with Gasteiger partial charge in [-0.3, -0.25) is 0 Å². The minimum atomic E-state index is 0.375. The fraction of sp³-hybridized carbons (Fsp3) is 0.923. The number of ether oxygens (including phenoxy) is 1. The van der Waals surface area contributed by atoms with Gasteiger partial charge in [0.2, 0.25) is 0 Å². The van der Waals surface area contributed by atoms with Crippen molar-refractivity contribution in [1.29, 1.82) is 0 Å². The lowest BCUT2D eigenvalue weighted by molar-refractivity contribution is 0.106. The smallest absolute Gasteiger partial charge is 0.166 e. The van der Waals surface area contributed by atoms with Gasteiger partial charge in [-0.05, 0) is 38.4 Å². The van der Waals surface area contributed by atoms with Gasteiger partial charge in [0.15, 0.2) is 5.11 Å². The Morgan fingerprint density at radius 3 is 2.65 bits per heavy atom. The molecule has 0 aromatic rings. The summed E-state index contributed by atoms with van der Waals surface area (Å²) in [7, 11) is 0. The molecule has 1 aliphatic heterocycles. The van der Waals surface area contributed by atoms with E-state index in [1.54, 1.807) is 0 Å². The molecule has 1 saturated heterocycles. The number of thiocarbonyl (C=S) groups is 1. The lowest BCUT2D eigenvalue weighted by Crippen LogP contribution is -2.44. The van der Waals surface area contributed by atoms with Crippen molar-refractivity contribution in [1.82, 2.24) is 10.6 Å². The number of hydrogen-bond acceptors (Lipinski definition) is 2. The number of nitrogens with one attached hydrogen (secondary N) is 2. The van der Waals surface area contributed by atoms with Gasteiger partial charge in [-0.1, -0.05) is 19.3 Å². The van der Waals surface area contributed by atoms with Crippen LogP contribution in [0.2, 0.25) is 0 Å². The molecule has 1 aliphatic carbocycles. The van der Waals surface area contributed by atoms with Crippen molar-refractivity contribution in [2.75, 3.05) is 13.2 Å². The van der Waals surface area contributed by atoms with Crippen LogP contribution in [0.1, 0.15) is 45.4 Å². The molecule has 0 spiro atoms. The summed E-state index contributed by atoms with van der Waals surface area (Å²) in [5.74, 6) is 0.612.